The number of aromatic nitrogens is 1. The maximum atomic E-state index is 15.0. The average Bonchev–Trinajstić information content (AvgIpc) is 2.86. The van der Waals surface area contributed by atoms with E-state index in [0.717, 1.165) is 41.5 Å². The number of rotatable bonds is 9. The number of benzene rings is 2. The summed E-state index contributed by atoms with van der Waals surface area (Å²) in [5.41, 5.74) is 5.29. The molecule has 1 N–H and O–H groups in total. The van der Waals surface area contributed by atoms with Gasteiger partial charge in [-0.3, -0.25) is 4.79 Å². The van der Waals surface area contributed by atoms with Crippen molar-refractivity contribution in [2.24, 2.45) is 5.41 Å². The number of hydrogen-bond donors (Lipinski definition) is 1. The normalized spacial score (nSPS) is 14.7. The molecular formula is C30H32FNO4. The number of carboxylic acids is 1. The molecule has 0 atom stereocenters. The molecule has 3 aromatic rings. The Labute approximate surface area is 211 Å². The Morgan fingerprint density at radius 1 is 1.08 bits per heavy atom. The first kappa shape index (κ1) is 25.4. The number of methoxy groups -OCH3 is 1. The first-order valence-corrected chi connectivity index (χ1v) is 12.2. The summed E-state index contributed by atoms with van der Waals surface area (Å²) in [5.74, 6) is -0.166. The van der Waals surface area contributed by atoms with Gasteiger partial charge >= 0.3 is 5.97 Å². The van der Waals surface area contributed by atoms with Gasteiger partial charge in [0.05, 0.1) is 13.3 Å². The van der Waals surface area contributed by atoms with Crippen LogP contribution in [-0.4, -0.2) is 23.2 Å². The fourth-order valence-electron chi connectivity index (χ4n) is 4.76. The molecule has 1 heterocycles. The van der Waals surface area contributed by atoms with Crippen molar-refractivity contribution in [1.29, 1.82) is 0 Å². The molecule has 1 aromatic heterocycles. The van der Waals surface area contributed by atoms with Gasteiger partial charge < -0.3 is 14.6 Å². The molecule has 0 unspecified atom stereocenters. The minimum atomic E-state index is -0.822. The Morgan fingerprint density at radius 2 is 1.92 bits per heavy atom. The van der Waals surface area contributed by atoms with Gasteiger partial charge in [-0.25, -0.2) is 9.37 Å². The molecule has 6 heteroatoms. The molecule has 2 aromatic carbocycles. The van der Waals surface area contributed by atoms with E-state index in [2.05, 4.69) is 31.0 Å². The molecule has 4 rings (SSSR count). The zero-order chi connectivity index (χ0) is 25.7. The number of carboxylic acid groups (broad SMARTS) is 1. The molecule has 0 spiro atoms. The van der Waals surface area contributed by atoms with Crippen molar-refractivity contribution < 1.29 is 23.8 Å². The molecule has 0 saturated carbocycles. The molecule has 5 nitrogen and oxygen atoms in total. The van der Waals surface area contributed by atoms with E-state index in [1.54, 1.807) is 6.07 Å². The highest BCUT2D eigenvalue weighted by atomic mass is 19.1. The zero-order valence-corrected chi connectivity index (χ0v) is 21.0. The Morgan fingerprint density at radius 3 is 2.67 bits per heavy atom. The third kappa shape index (κ3) is 5.93. The lowest BCUT2D eigenvalue weighted by Crippen LogP contribution is -2.18. The lowest BCUT2D eigenvalue weighted by molar-refractivity contribution is -0.136. The number of aryl methyl sites for hydroxylation is 1. The number of hydrogen-bond acceptors (Lipinski definition) is 4. The number of allylic oxidation sites excluding steroid dienone is 2. The molecule has 1 aliphatic carbocycles. The third-order valence-corrected chi connectivity index (χ3v) is 6.72. The zero-order valence-electron chi connectivity index (χ0n) is 21.0. The van der Waals surface area contributed by atoms with Gasteiger partial charge in [0.1, 0.15) is 18.2 Å². The Kier molecular flexibility index (Phi) is 7.73. The van der Waals surface area contributed by atoms with Crippen LogP contribution in [0.25, 0.3) is 16.7 Å². The minimum absolute atomic E-state index is 0.0431. The van der Waals surface area contributed by atoms with Crippen molar-refractivity contribution >= 4 is 11.5 Å². The molecule has 0 radical (unpaired) electrons. The van der Waals surface area contributed by atoms with Crippen molar-refractivity contribution in [3.63, 3.8) is 0 Å². The quantitative estimate of drug-likeness (QED) is 0.348. The fourth-order valence-corrected chi connectivity index (χ4v) is 4.76. The molecule has 36 heavy (non-hydrogen) atoms. The number of ether oxygens (including phenoxy) is 2. The van der Waals surface area contributed by atoms with Crippen LogP contribution in [0.15, 0.2) is 60.8 Å². The van der Waals surface area contributed by atoms with Crippen molar-refractivity contribution in [2.75, 3.05) is 7.11 Å². The van der Waals surface area contributed by atoms with Crippen molar-refractivity contribution in [3.05, 3.63) is 83.3 Å². The third-order valence-electron chi connectivity index (χ3n) is 6.72. The van der Waals surface area contributed by atoms with Gasteiger partial charge in [-0.15, -0.1) is 0 Å². The van der Waals surface area contributed by atoms with E-state index >= 15 is 0 Å². The van der Waals surface area contributed by atoms with E-state index in [1.165, 1.54) is 18.9 Å². The second-order valence-corrected chi connectivity index (χ2v) is 9.81. The van der Waals surface area contributed by atoms with Gasteiger partial charge in [0.2, 0.25) is 5.88 Å². The standard InChI is InChI=1S/C30H32FNO4/c1-30(2)14-5-4-9-26(30)24-16-21(10-12-23(24)25-17-28(35-3)32-18-27(25)31)19-36-22-8-6-7-20(15-22)11-13-29(33)34/h6-10,12,15-18H,4-5,11,13-14,19H2,1-3H3,(H,33,34). The van der Waals surface area contributed by atoms with Gasteiger partial charge in [0.15, 0.2) is 0 Å². The van der Waals surface area contributed by atoms with Crippen LogP contribution in [0.1, 0.15) is 56.2 Å². The molecule has 0 bridgehead atoms. The van der Waals surface area contributed by atoms with Crippen LogP contribution < -0.4 is 9.47 Å². The summed E-state index contributed by atoms with van der Waals surface area (Å²) >= 11 is 0. The highest BCUT2D eigenvalue weighted by molar-refractivity contribution is 5.84. The van der Waals surface area contributed by atoms with Gasteiger partial charge in [-0.05, 0) is 77.1 Å². The second-order valence-electron chi connectivity index (χ2n) is 9.81. The van der Waals surface area contributed by atoms with E-state index in [1.807, 2.05) is 36.4 Å². The maximum Gasteiger partial charge on any atom is 0.303 e. The number of aliphatic carboxylic acids is 1. The van der Waals surface area contributed by atoms with Gasteiger partial charge in [-0.2, -0.15) is 0 Å². The van der Waals surface area contributed by atoms with E-state index in [-0.39, 0.29) is 11.8 Å². The van der Waals surface area contributed by atoms with Crippen LogP contribution in [0.4, 0.5) is 4.39 Å². The smallest absolute Gasteiger partial charge is 0.303 e. The summed E-state index contributed by atoms with van der Waals surface area (Å²) in [6.07, 6.45) is 7.19. The predicted octanol–water partition coefficient (Wildman–Crippen LogP) is 7.09. The van der Waals surface area contributed by atoms with Crippen LogP contribution in [0, 0.1) is 11.2 Å². The number of carbonyl (C=O) groups is 1. The van der Waals surface area contributed by atoms with E-state index < -0.39 is 11.8 Å². The Hall–Kier alpha value is -3.67. The number of pyridine rings is 1. The lowest BCUT2D eigenvalue weighted by atomic mass is 9.71. The largest absolute Gasteiger partial charge is 0.489 e. The fraction of sp³-hybridized carbons (Fsp3) is 0.333. The average molecular weight is 490 g/mol. The van der Waals surface area contributed by atoms with E-state index in [4.69, 9.17) is 14.6 Å². The Bertz CT molecular complexity index is 1280. The number of nitrogens with zero attached hydrogens (tertiary/aromatic N) is 1. The van der Waals surface area contributed by atoms with E-state index in [0.29, 0.717) is 30.2 Å². The summed E-state index contributed by atoms with van der Waals surface area (Å²) in [6, 6.07) is 15.1. The SMILES string of the molecule is COc1cc(-c2ccc(COc3cccc(CCC(=O)O)c3)cc2C2=CCCCC2(C)C)c(F)cn1. The van der Waals surface area contributed by atoms with Crippen LogP contribution in [0.3, 0.4) is 0 Å². The molecule has 188 valence electrons. The maximum absolute atomic E-state index is 15.0. The van der Waals surface area contributed by atoms with Crippen molar-refractivity contribution in [1.82, 2.24) is 4.98 Å². The number of halogens is 1. The van der Waals surface area contributed by atoms with Crippen LogP contribution in [-0.2, 0) is 17.8 Å². The van der Waals surface area contributed by atoms with Crippen molar-refractivity contribution in [2.45, 2.75) is 52.6 Å². The topological polar surface area (TPSA) is 68.7 Å². The Balaban J connectivity index is 1.67. The molecule has 0 amide bonds. The van der Waals surface area contributed by atoms with Crippen LogP contribution in [0.2, 0.25) is 0 Å². The first-order valence-electron chi connectivity index (χ1n) is 12.2. The highest BCUT2D eigenvalue weighted by Crippen LogP contribution is 2.46. The summed E-state index contributed by atoms with van der Waals surface area (Å²) in [4.78, 5) is 14.9. The second kappa shape index (κ2) is 10.9. The summed E-state index contributed by atoms with van der Waals surface area (Å²) < 4.78 is 26.3. The summed E-state index contributed by atoms with van der Waals surface area (Å²) in [7, 11) is 1.52. The summed E-state index contributed by atoms with van der Waals surface area (Å²) in [5, 5.41) is 8.95. The van der Waals surface area contributed by atoms with Crippen LogP contribution >= 0.6 is 0 Å². The lowest BCUT2D eigenvalue weighted by Gasteiger charge is -2.33. The molecular weight excluding hydrogens is 457 g/mol. The van der Waals surface area contributed by atoms with Gasteiger partial charge in [0, 0.05) is 18.1 Å². The summed E-state index contributed by atoms with van der Waals surface area (Å²) in [6.45, 7) is 4.81. The molecule has 0 saturated heterocycles. The van der Waals surface area contributed by atoms with Gasteiger partial charge in [0.25, 0.3) is 0 Å². The van der Waals surface area contributed by atoms with Gasteiger partial charge in [-0.1, -0.05) is 44.2 Å². The van der Waals surface area contributed by atoms with Crippen LogP contribution in [0.5, 0.6) is 11.6 Å². The van der Waals surface area contributed by atoms with E-state index in [9.17, 15) is 9.18 Å². The first-order chi connectivity index (χ1) is 17.3. The highest BCUT2D eigenvalue weighted by Gasteiger charge is 2.29. The molecule has 0 aliphatic heterocycles. The predicted molar refractivity (Wildman–Crippen MR) is 139 cm³/mol. The molecule has 1 aliphatic rings. The monoisotopic (exact) mass is 489 g/mol. The van der Waals surface area contributed by atoms with Crippen molar-refractivity contribution in [3.8, 4) is 22.8 Å². The molecule has 0 fully saturated rings. The minimum Gasteiger partial charge on any atom is -0.489 e.